The molecule has 2 N–H and O–H groups in total. The van der Waals surface area contributed by atoms with E-state index in [9.17, 15) is 13.2 Å². The van der Waals surface area contributed by atoms with Crippen LogP contribution < -0.4 is 10.6 Å². The minimum Gasteiger partial charge on any atom is -0.335 e. The Bertz CT molecular complexity index is 1020. The fourth-order valence-electron chi connectivity index (χ4n) is 3.27. The summed E-state index contributed by atoms with van der Waals surface area (Å²) in [7, 11) is -2.95. The van der Waals surface area contributed by atoms with E-state index in [1.807, 2.05) is 36.4 Å². The molecule has 28 heavy (non-hydrogen) atoms. The number of carbonyl (C=O) groups excluding carboxylic acids is 1. The highest BCUT2D eigenvalue weighted by atomic mass is 32.2. The molecule has 0 aromatic heterocycles. The number of aliphatic imine (C=N–C) groups is 1. The Morgan fingerprint density at radius 3 is 2.39 bits per heavy atom. The minimum atomic E-state index is -2.95. The highest BCUT2D eigenvalue weighted by Gasteiger charge is 2.42. The molecule has 8 heteroatoms. The standard InChI is InChI=1S/C20H21N3O3S2/c1-2-13-3-7-15(8-4-13)21-19(24)14-5-9-16(10-6-14)22-20-23-17-11-28(25,26)12-18(17)27-20/h3-10,17-18H,2,11-12H2,1H3,(H,21,24)(H,22,23)/t17-,18+/m0/s1. The van der Waals surface area contributed by atoms with E-state index in [4.69, 9.17) is 0 Å². The number of amidine groups is 1. The maximum Gasteiger partial charge on any atom is 0.255 e. The topological polar surface area (TPSA) is 87.6 Å². The van der Waals surface area contributed by atoms with E-state index in [1.54, 1.807) is 12.1 Å². The third kappa shape index (κ3) is 4.23. The quantitative estimate of drug-likeness (QED) is 0.801. The van der Waals surface area contributed by atoms with Gasteiger partial charge in [-0.2, -0.15) is 0 Å². The number of carbonyl (C=O) groups is 1. The molecule has 4 rings (SSSR count). The molecule has 0 saturated carbocycles. The zero-order chi connectivity index (χ0) is 19.7. The fourth-order valence-corrected chi connectivity index (χ4v) is 6.95. The fraction of sp³-hybridized carbons (Fsp3) is 0.300. The molecule has 0 aliphatic carbocycles. The van der Waals surface area contributed by atoms with Crippen LogP contribution in [0.5, 0.6) is 0 Å². The Balaban J connectivity index is 1.37. The molecule has 2 atom stereocenters. The van der Waals surface area contributed by atoms with Gasteiger partial charge in [0.15, 0.2) is 15.0 Å². The summed E-state index contributed by atoms with van der Waals surface area (Å²) in [4.78, 5) is 16.9. The van der Waals surface area contributed by atoms with E-state index < -0.39 is 9.84 Å². The summed E-state index contributed by atoms with van der Waals surface area (Å²) in [6, 6.07) is 14.8. The van der Waals surface area contributed by atoms with Crippen molar-refractivity contribution in [3.63, 3.8) is 0 Å². The molecule has 1 saturated heterocycles. The smallest absolute Gasteiger partial charge is 0.255 e. The Labute approximate surface area is 168 Å². The molecule has 1 fully saturated rings. The van der Waals surface area contributed by atoms with Crippen molar-refractivity contribution in [1.82, 2.24) is 0 Å². The second-order valence-corrected chi connectivity index (χ2v) is 10.3. The van der Waals surface area contributed by atoms with Crippen LogP contribution in [0.3, 0.4) is 0 Å². The predicted octanol–water partition coefficient (Wildman–Crippen LogP) is 3.18. The minimum absolute atomic E-state index is 0.0108. The molecular weight excluding hydrogens is 394 g/mol. The molecule has 2 aromatic rings. The van der Waals surface area contributed by atoms with Crippen molar-refractivity contribution in [3.8, 4) is 0 Å². The number of hydrogen-bond donors (Lipinski definition) is 2. The molecule has 1 amide bonds. The van der Waals surface area contributed by atoms with Crippen LogP contribution in [0, 0.1) is 0 Å². The maximum atomic E-state index is 12.4. The van der Waals surface area contributed by atoms with Crippen LogP contribution in [0.1, 0.15) is 22.8 Å². The first-order valence-electron chi connectivity index (χ1n) is 9.14. The van der Waals surface area contributed by atoms with E-state index in [0.29, 0.717) is 5.56 Å². The summed E-state index contributed by atoms with van der Waals surface area (Å²) in [5, 5.41) is 6.85. The number of aryl methyl sites for hydroxylation is 1. The third-order valence-electron chi connectivity index (χ3n) is 4.84. The molecule has 0 bridgehead atoms. The van der Waals surface area contributed by atoms with Gasteiger partial charge in [-0.25, -0.2) is 8.42 Å². The van der Waals surface area contributed by atoms with Crippen molar-refractivity contribution in [2.24, 2.45) is 4.99 Å². The number of nitrogens with zero attached hydrogens (tertiary/aromatic N) is 1. The van der Waals surface area contributed by atoms with Crippen LogP contribution in [0.2, 0.25) is 0 Å². The highest BCUT2D eigenvalue weighted by Crippen LogP contribution is 2.34. The molecule has 2 aliphatic heterocycles. The first-order valence-corrected chi connectivity index (χ1v) is 11.8. The molecule has 6 nitrogen and oxygen atoms in total. The Kier molecular flexibility index (Phi) is 5.16. The second-order valence-electron chi connectivity index (χ2n) is 6.94. The van der Waals surface area contributed by atoms with E-state index in [2.05, 4.69) is 22.5 Å². The monoisotopic (exact) mass is 415 g/mol. The van der Waals surface area contributed by atoms with Gasteiger partial charge in [0.05, 0.1) is 17.5 Å². The van der Waals surface area contributed by atoms with Crippen LogP contribution in [-0.4, -0.2) is 42.3 Å². The number of thioether (sulfide) groups is 1. The number of hydrogen-bond acceptors (Lipinski definition) is 6. The Morgan fingerprint density at radius 2 is 1.75 bits per heavy atom. The van der Waals surface area contributed by atoms with E-state index in [-0.39, 0.29) is 28.7 Å². The number of fused-ring (bicyclic) bond motifs is 1. The molecule has 2 aromatic carbocycles. The van der Waals surface area contributed by atoms with E-state index in [1.165, 1.54) is 17.3 Å². The van der Waals surface area contributed by atoms with Gasteiger partial charge in [-0.05, 0) is 48.4 Å². The lowest BCUT2D eigenvalue weighted by atomic mass is 10.1. The largest absolute Gasteiger partial charge is 0.335 e. The molecule has 0 unspecified atom stereocenters. The van der Waals surface area contributed by atoms with Crippen molar-refractivity contribution >= 4 is 44.0 Å². The second kappa shape index (κ2) is 7.60. The molecule has 0 radical (unpaired) electrons. The lowest BCUT2D eigenvalue weighted by molar-refractivity contribution is 0.102. The van der Waals surface area contributed by atoms with Crippen molar-refractivity contribution in [2.75, 3.05) is 22.1 Å². The van der Waals surface area contributed by atoms with Crippen molar-refractivity contribution < 1.29 is 13.2 Å². The molecule has 2 aliphatic rings. The summed E-state index contributed by atoms with van der Waals surface area (Å²) in [5.74, 6) is 0.159. The summed E-state index contributed by atoms with van der Waals surface area (Å²) in [5.41, 5.74) is 3.37. The number of benzene rings is 2. The predicted molar refractivity (Wildman–Crippen MR) is 115 cm³/mol. The van der Waals surface area contributed by atoms with Crippen molar-refractivity contribution in [1.29, 1.82) is 0 Å². The van der Waals surface area contributed by atoms with Crippen LogP contribution in [0.15, 0.2) is 53.5 Å². The summed E-state index contributed by atoms with van der Waals surface area (Å²) in [6.07, 6.45) is 0.962. The molecule has 2 heterocycles. The number of rotatable bonds is 4. The summed E-state index contributed by atoms with van der Waals surface area (Å²) < 4.78 is 23.3. The van der Waals surface area contributed by atoms with Gasteiger partial charge in [-0.3, -0.25) is 9.79 Å². The average Bonchev–Trinajstić information content (AvgIpc) is 3.15. The Morgan fingerprint density at radius 1 is 1.07 bits per heavy atom. The van der Waals surface area contributed by atoms with Gasteiger partial charge in [0.1, 0.15) is 0 Å². The number of sulfone groups is 1. The first kappa shape index (κ1) is 19.0. The average molecular weight is 416 g/mol. The SMILES string of the molecule is CCc1ccc(NC(=O)c2ccc(NC3=N[C@H]4CS(=O)(=O)C[C@H]4S3)cc2)cc1. The Hall–Kier alpha value is -2.32. The zero-order valence-corrected chi connectivity index (χ0v) is 17.0. The molecule has 146 valence electrons. The highest BCUT2D eigenvalue weighted by molar-refractivity contribution is 8.15. The van der Waals surface area contributed by atoms with Gasteiger partial charge < -0.3 is 10.6 Å². The van der Waals surface area contributed by atoms with Crippen LogP contribution in [0.25, 0.3) is 0 Å². The first-order chi connectivity index (χ1) is 13.4. The van der Waals surface area contributed by atoms with Crippen molar-refractivity contribution in [2.45, 2.75) is 24.6 Å². The van der Waals surface area contributed by atoms with Gasteiger partial charge in [0.2, 0.25) is 0 Å². The van der Waals surface area contributed by atoms with Gasteiger partial charge in [0.25, 0.3) is 5.91 Å². The number of nitrogens with one attached hydrogen (secondary N) is 2. The normalized spacial score (nSPS) is 22.4. The van der Waals surface area contributed by atoms with Gasteiger partial charge in [-0.1, -0.05) is 30.8 Å². The van der Waals surface area contributed by atoms with E-state index >= 15 is 0 Å². The van der Waals surface area contributed by atoms with Crippen LogP contribution in [-0.2, 0) is 16.3 Å². The van der Waals surface area contributed by atoms with E-state index in [0.717, 1.165) is 23.0 Å². The van der Waals surface area contributed by atoms with Crippen molar-refractivity contribution in [3.05, 3.63) is 59.7 Å². The van der Waals surface area contributed by atoms with Crippen LogP contribution >= 0.6 is 11.8 Å². The summed E-state index contributed by atoms with van der Waals surface area (Å²) >= 11 is 1.47. The van der Waals surface area contributed by atoms with Gasteiger partial charge >= 0.3 is 0 Å². The molecule has 0 spiro atoms. The number of amides is 1. The zero-order valence-electron chi connectivity index (χ0n) is 15.4. The van der Waals surface area contributed by atoms with Crippen LogP contribution in [0.4, 0.5) is 11.4 Å². The van der Waals surface area contributed by atoms with Gasteiger partial charge in [-0.15, -0.1) is 0 Å². The summed E-state index contributed by atoms with van der Waals surface area (Å²) in [6.45, 7) is 2.09. The van der Waals surface area contributed by atoms with Gasteiger partial charge in [0, 0.05) is 22.2 Å². The lowest BCUT2D eigenvalue weighted by Gasteiger charge is -2.09. The third-order valence-corrected chi connectivity index (χ3v) is 7.98. The lowest BCUT2D eigenvalue weighted by Crippen LogP contribution is -2.13. The molecular formula is C20H21N3O3S2. The maximum absolute atomic E-state index is 12.4. The number of anilines is 2.